The van der Waals surface area contributed by atoms with Crippen LogP contribution in [0.25, 0.3) is 0 Å². The van der Waals surface area contributed by atoms with Crippen LogP contribution < -0.4 is 0 Å². The van der Waals surface area contributed by atoms with Crippen LogP contribution >= 0.6 is 0 Å². The van der Waals surface area contributed by atoms with Crippen LogP contribution in [0.2, 0.25) is 0 Å². The van der Waals surface area contributed by atoms with Crippen molar-refractivity contribution >= 4 is 0 Å². The first-order valence-electron chi connectivity index (χ1n) is 3.65. The Labute approximate surface area is 67.1 Å². The molecule has 1 N–H and O–H groups in total. The third-order valence-corrected chi connectivity index (χ3v) is 1.70. The molecule has 1 rings (SSSR count). The Hall–Kier alpha value is -1.24. The number of hydrogen-bond donors (Lipinski definition) is 1. The molecule has 0 aliphatic heterocycles. The summed E-state index contributed by atoms with van der Waals surface area (Å²) in [5, 5.41) is 9.17. The lowest BCUT2D eigenvalue weighted by Crippen LogP contribution is -1.92. The van der Waals surface area contributed by atoms with Gasteiger partial charge in [-0.1, -0.05) is 25.3 Å². The van der Waals surface area contributed by atoms with Gasteiger partial charge in [-0.3, -0.25) is 0 Å². The van der Waals surface area contributed by atoms with Crippen LogP contribution in [0.4, 0.5) is 0 Å². The normalized spacial score (nSPS) is 16.7. The second kappa shape index (κ2) is 3.24. The Morgan fingerprint density at radius 2 is 2.36 bits per heavy atom. The van der Waals surface area contributed by atoms with E-state index in [1.807, 2.05) is 0 Å². The standard InChI is InChI=1S/C10H12O/c1-3-8(2)9-5-4-6-10(11)7-9/h3,5,7,11H,1-2,4,6H2. The summed E-state index contributed by atoms with van der Waals surface area (Å²) in [6, 6.07) is 0. The molecule has 0 aromatic rings. The molecular weight excluding hydrogens is 136 g/mol. The molecule has 58 valence electrons. The smallest absolute Gasteiger partial charge is 0.0931 e. The van der Waals surface area contributed by atoms with E-state index in [1.54, 1.807) is 12.2 Å². The van der Waals surface area contributed by atoms with E-state index in [0.717, 1.165) is 24.0 Å². The molecule has 0 spiro atoms. The number of rotatable bonds is 2. The van der Waals surface area contributed by atoms with Crippen molar-refractivity contribution in [2.24, 2.45) is 0 Å². The Morgan fingerprint density at radius 3 is 2.91 bits per heavy atom. The van der Waals surface area contributed by atoms with Crippen LogP contribution in [0.5, 0.6) is 0 Å². The zero-order valence-electron chi connectivity index (χ0n) is 6.51. The highest BCUT2D eigenvalue weighted by atomic mass is 16.3. The molecule has 0 aromatic carbocycles. The van der Waals surface area contributed by atoms with Crippen molar-refractivity contribution in [1.29, 1.82) is 0 Å². The average molecular weight is 148 g/mol. The molecule has 11 heavy (non-hydrogen) atoms. The molecule has 0 bridgehead atoms. The van der Waals surface area contributed by atoms with Crippen LogP contribution in [0.15, 0.2) is 48.3 Å². The van der Waals surface area contributed by atoms with Gasteiger partial charge in [-0.05, 0) is 23.6 Å². The Morgan fingerprint density at radius 1 is 1.64 bits per heavy atom. The number of aliphatic hydroxyl groups excluding tert-OH is 1. The molecule has 1 heteroatoms. The fraction of sp³-hybridized carbons (Fsp3) is 0.200. The van der Waals surface area contributed by atoms with E-state index in [0.29, 0.717) is 5.76 Å². The highest BCUT2D eigenvalue weighted by Crippen LogP contribution is 2.20. The van der Waals surface area contributed by atoms with Crippen LogP contribution in [0, 0.1) is 0 Å². The molecule has 0 aromatic heterocycles. The first-order chi connectivity index (χ1) is 5.24. The molecule has 0 heterocycles. The third-order valence-electron chi connectivity index (χ3n) is 1.70. The fourth-order valence-corrected chi connectivity index (χ4v) is 1.03. The van der Waals surface area contributed by atoms with E-state index in [2.05, 4.69) is 19.2 Å². The van der Waals surface area contributed by atoms with Gasteiger partial charge in [0.2, 0.25) is 0 Å². The SMILES string of the molecule is C=CC(=C)C1=CCCC(O)=C1. The summed E-state index contributed by atoms with van der Waals surface area (Å²) in [5.41, 5.74) is 1.86. The third kappa shape index (κ3) is 1.84. The van der Waals surface area contributed by atoms with Crippen LogP contribution in [-0.2, 0) is 0 Å². The van der Waals surface area contributed by atoms with E-state index in [-0.39, 0.29) is 0 Å². The van der Waals surface area contributed by atoms with E-state index in [4.69, 9.17) is 5.11 Å². The van der Waals surface area contributed by atoms with Gasteiger partial charge in [0.1, 0.15) is 0 Å². The van der Waals surface area contributed by atoms with E-state index in [1.165, 1.54) is 0 Å². The minimum atomic E-state index is 0.436. The monoisotopic (exact) mass is 148 g/mol. The Balaban J connectivity index is 2.81. The van der Waals surface area contributed by atoms with Crippen molar-refractivity contribution in [3.05, 3.63) is 48.3 Å². The predicted octanol–water partition coefficient (Wildman–Crippen LogP) is 2.89. The number of allylic oxidation sites excluding steroid dienone is 6. The summed E-state index contributed by atoms with van der Waals surface area (Å²) in [7, 11) is 0. The van der Waals surface area contributed by atoms with E-state index >= 15 is 0 Å². The molecule has 0 atom stereocenters. The first kappa shape index (κ1) is 7.86. The van der Waals surface area contributed by atoms with Gasteiger partial charge in [0.15, 0.2) is 0 Å². The van der Waals surface area contributed by atoms with Crippen molar-refractivity contribution in [2.75, 3.05) is 0 Å². The molecule has 1 nitrogen and oxygen atoms in total. The summed E-state index contributed by atoms with van der Waals surface area (Å²) >= 11 is 0. The number of aliphatic hydroxyl groups is 1. The van der Waals surface area contributed by atoms with Crippen molar-refractivity contribution in [3.63, 3.8) is 0 Å². The van der Waals surface area contributed by atoms with Crippen LogP contribution in [-0.4, -0.2) is 5.11 Å². The quantitative estimate of drug-likeness (QED) is 0.597. The summed E-state index contributed by atoms with van der Waals surface area (Å²) < 4.78 is 0. The van der Waals surface area contributed by atoms with E-state index in [9.17, 15) is 0 Å². The van der Waals surface area contributed by atoms with Crippen molar-refractivity contribution in [2.45, 2.75) is 12.8 Å². The van der Waals surface area contributed by atoms with Crippen LogP contribution in [0.3, 0.4) is 0 Å². The lowest BCUT2D eigenvalue weighted by atomic mass is 10.00. The number of hydrogen-bond acceptors (Lipinski definition) is 1. The van der Waals surface area contributed by atoms with Gasteiger partial charge >= 0.3 is 0 Å². The summed E-state index contributed by atoms with van der Waals surface area (Å²) in [4.78, 5) is 0. The van der Waals surface area contributed by atoms with Crippen molar-refractivity contribution in [3.8, 4) is 0 Å². The minimum absolute atomic E-state index is 0.436. The van der Waals surface area contributed by atoms with Gasteiger partial charge in [-0.15, -0.1) is 0 Å². The molecular formula is C10H12O. The lowest BCUT2D eigenvalue weighted by Gasteiger charge is -2.08. The molecule has 0 radical (unpaired) electrons. The fourth-order valence-electron chi connectivity index (χ4n) is 1.03. The van der Waals surface area contributed by atoms with Gasteiger partial charge in [0, 0.05) is 6.42 Å². The minimum Gasteiger partial charge on any atom is -0.512 e. The second-order valence-corrected chi connectivity index (χ2v) is 2.56. The zero-order chi connectivity index (χ0) is 8.27. The lowest BCUT2D eigenvalue weighted by molar-refractivity contribution is 0.387. The first-order valence-corrected chi connectivity index (χ1v) is 3.65. The molecule has 0 saturated heterocycles. The molecule has 1 aliphatic carbocycles. The Kier molecular flexibility index (Phi) is 2.32. The predicted molar refractivity (Wildman–Crippen MR) is 47.4 cm³/mol. The molecule has 0 amide bonds. The summed E-state index contributed by atoms with van der Waals surface area (Å²) in [6.45, 7) is 7.40. The molecule has 0 saturated carbocycles. The largest absolute Gasteiger partial charge is 0.512 e. The summed E-state index contributed by atoms with van der Waals surface area (Å²) in [5.74, 6) is 0.436. The van der Waals surface area contributed by atoms with Gasteiger partial charge in [-0.25, -0.2) is 0 Å². The maximum Gasteiger partial charge on any atom is 0.0931 e. The van der Waals surface area contributed by atoms with Gasteiger partial charge in [0.25, 0.3) is 0 Å². The maximum absolute atomic E-state index is 9.17. The van der Waals surface area contributed by atoms with Gasteiger partial charge in [0.05, 0.1) is 5.76 Å². The molecule has 0 fully saturated rings. The zero-order valence-corrected chi connectivity index (χ0v) is 6.51. The van der Waals surface area contributed by atoms with Gasteiger partial charge in [-0.2, -0.15) is 0 Å². The maximum atomic E-state index is 9.17. The van der Waals surface area contributed by atoms with Crippen molar-refractivity contribution in [1.82, 2.24) is 0 Å². The highest BCUT2D eigenvalue weighted by Gasteiger charge is 2.03. The Bertz CT molecular complexity index is 244. The summed E-state index contributed by atoms with van der Waals surface area (Å²) in [6.07, 6.45) is 7.14. The average Bonchev–Trinajstić information content (AvgIpc) is 2.03. The highest BCUT2D eigenvalue weighted by molar-refractivity contribution is 5.45. The van der Waals surface area contributed by atoms with Crippen LogP contribution in [0.1, 0.15) is 12.8 Å². The van der Waals surface area contributed by atoms with Crippen molar-refractivity contribution < 1.29 is 5.11 Å². The second-order valence-electron chi connectivity index (χ2n) is 2.56. The molecule has 0 unspecified atom stereocenters. The van der Waals surface area contributed by atoms with E-state index < -0.39 is 0 Å². The molecule has 1 aliphatic rings. The topological polar surface area (TPSA) is 20.2 Å². The van der Waals surface area contributed by atoms with Gasteiger partial charge < -0.3 is 5.11 Å².